The van der Waals surface area contributed by atoms with Crippen LogP contribution < -0.4 is 4.74 Å². The Bertz CT molecular complexity index is 366. The Morgan fingerprint density at radius 1 is 1.18 bits per heavy atom. The van der Waals surface area contributed by atoms with Gasteiger partial charge in [0.1, 0.15) is 5.75 Å². The highest BCUT2D eigenvalue weighted by molar-refractivity contribution is 7.80. The molecule has 0 aliphatic heterocycles. The Hall–Kier alpha value is -0.630. The number of hydrogen-bond acceptors (Lipinski definition) is 2. The first-order chi connectivity index (χ1) is 7.84. The zero-order valence-electron chi connectivity index (χ0n) is 11.6. The Morgan fingerprint density at radius 3 is 2.29 bits per heavy atom. The molecule has 1 unspecified atom stereocenters. The summed E-state index contributed by atoms with van der Waals surface area (Å²) in [6.45, 7) is 11.7. The summed E-state index contributed by atoms with van der Waals surface area (Å²) in [4.78, 5) is 0. The molecule has 0 saturated heterocycles. The molecule has 1 rings (SSSR count). The summed E-state index contributed by atoms with van der Waals surface area (Å²) in [6.07, 6.45) is 0. The fraction of sp³-hybridized carbons (Fsp3) is 0.600. The van der Waals surface area contributed by atoms with Crippen molar-refractivity contribution in [1.82, 2.24) is 0 Å². The van der Waals surface area contributed by atoms with Crippen LogP contribution in [0.3, 0.4) is 0 Å². The van der Waals surface area contributed by atoms with Crippen molar-refractivity contribution in [1.29, 1.82) is 0 Å². The number of aryl methyl sites for hydroxylation is 2. The molecule has 0 fully saturated rings. The van der Waals surface area contributed by atoms with Gasteiger partial charge >= 0.3 is 0 Å². The maximum atomic E-state index is 5.87. The molecule has 0 aromatic heterocycles. The van der Waals surface area contributed by atoms with Gasteiger partial charge in [0.15, 0.2) is 0 Å². The summed E-state index contributed by atoms with van der Waals surface area (Å²) in [6, 6.07) is 6.26. The van der Waals surface area contributed by atoms with Gasteiger partial charge in [-0.3, -0.25) is 0 Å². The molecular formula is C15H24OS. The van der Waals surface area contributed by atoms with Crippen molar-refractivity contribution in [2.45, 2.75) is 34.6 Å². The fourth-order valence-corrected chi connectivity index (χ4v) is 2.23. The van der Waals surface area contributed by atoms with Crippen LogP contribution in [0.5, 0.6) is 5.75 Å². The van der Waals surface area contributed by atoms with Crippen LogP contribution in [0.4, 0.5) is 0 Å². The number of thiol groups is 1. The molecule has 0 bridgehead atoms. The second-order valence-electron chi connectivity index (χ2n) is 5.80. The topological polar surface area (TPSA) is 9.23 Å². The summed E-state index contributed by atoms with van der Waals surface area (Å²) in [7, 11) is 0. The first-order valence-electron chi connectivity index (χ1n) is 6.15. The third kappa shape index (κ3) is 4.27. The van der Waals surface area contributed by atoms with Gasteiger partial charge in [0.2, 0.25) is 0 Å². The average molecular weight is 252 g/mol. The smallest absolute Gasteiger partial charge is 0.119 e. The van der Waals surface area contributed by atoms with E-state index in [0.717, 1.165) is 18.1 Å². The minimum atomic E-state index is 0.238. The molecule has 0 N–H and O–H groups in total. The number of hydrogen-bond donors (Lipinski definition) is 1. The van der Waals surface area contributed by atoms with E-state index in [1.165, 1.54) is 11.1 Å². The maximum Gasteiger partial charge on any atom is 0.119 e. The van der Waals surface area contributed by atoms with Crippen molar-refractivity contribution < 1.29 is 4.74 Å². The predicted octanol–water partition coefficient (Wildman–Crippen LogP) is 4.27. The van der Waals surface area contributed by atoms with Crippen molar-refractivity contribution in [3.63, 3.8) is 0 Å². The molecule has 0 saturated carbocycles. The Kier molecular flexibility index (Phi) is 4.93. The van der Waals surface area contributed by atoms with Gasteiger partial charge in [-0.25, -0.2) is 0 Å². The van der Waals surface area contributed by atoms with Crippen LogP contribution >= 0.6 is 12.6 Å². The fourth-order valence-electron chi connectivity index (χ4n) is 1.58. The van der Waals surface area contributed by atoms with Crippen molar-refractivity contribution >= 4 is 12.6 Å². The van der Waals surface area contributed by atoms with Gasteiger partial charge in [-0.1, -0.05) is 26.8 Å². The standard InChI is InChI=1S/C15H24OS/c1-11-6-7-14(8-12(11)2)16-9-13(10-17)15(3,4)5/h6-8,13,17H,9-10H2,1-5H3. The van der Waals surface area contributed by atoms with E-state index in [0.29, 0.717) is 5.92 Å². The van der Waals surface area contributed by atoms with Crippen LogP contribution in [0.1, 0.15) is 31.9 Å². The molecular weight excluding hydrogens is 228 g/mol. The van der Waals surface area contributed by atoms with Gasteiger partial charge in [-0.15, -0.1) is 0 Å². The lowest BCUT2D eigenvalue weighted by atomic mass is 9.82. The third-order valence-corrected chi connectivity index (χ3v) is 3.82. The lowest BCUT2D eigenvalue weighted by Gasteiger charge is -2.29. The zero-order valence-corrected chi connectivity index (χ0v) is 12.5. The first kappa shape index (κ1) is 14.4. The molecule has 1 atom stereocenters. The molecule has 1 aromatic carbocycles. The van der Waals surface area contributed by atoms with Crippen molar-refractivity contribution in [3.8, 4) is 5.75 Å². The molecule has 1 nitrogen and oxygen atoms in total. The van der Waals surface area contributed by atoms with E-state index in [-0.39, 0.29) is 5.41 Å². The van der Waals surface area contributed by atoms with E-state index in [4.69, 9.17) is 4.74 Å². The predicted molar refractivity (Wildman–Crippen MR) is 78.2 cm³/mol. The Labute approximate surface area is 111 Å². The second kappa shape index (κ2) is 5.81. The van der Waals surface area contributed by atoms with Gasteiger partial charge in [0, 0.05) is 5.92 Å². The molecule has 17 heavy (non-hydrogen) atoms. The molecule has 0 spiro atoms. The number of ether oxygens (including phenoxy) is 1. The molecule has 2 heteroatoms. The van der Waals surface area contributed by atoms with Gasteiger partial charge in [-0.2, -0.15) is 12.6 Å². The van der Waals surface area contributed by atoms with Crippen LogP contribution in [-0.2, 0) is 0 Å². The summed E-state index contributed by atoms with van der Waals surface area (Å²) in [5, 5.41) is 0. The monoisotopic (exact) mass is 252 g/mol. The lowest BCUT2D eigenvalue weighted by molar-refractivity contribution is 0.165. The number of benzene rings is 1. The molecule has 0 aliphatic rings. The quantitative estimate of drug-likeness (QED) is 0.787. The van der Waals surface area contributed by atoms with E-state index >= 15 is 0 Å². The van der Waals surface area contributed by atoms with Crippen LogP contribution in [0.2, 0.25) is 0 Å². The molecule has 0 radical (unpaired) electrons. The summed E-state index contributed by atoms with van der Waals surface area (Å²) >= 11 is 4.41. The van der Waals surface area contributed by atoms with E-state index in [1.807, 2.05) is 6.07 Å². The Balaban J connectivity index is 2.63. The third-order valence-electron chi connectivity index (χ3n) is 3.37. The molecule has 0 heterocycles. The largest absolute Gasteiger partial charge is 0.493 e. The van der Waals surface area contributed by atoms with Gasteiger partial charge in [-0.05, 0) is 48.3 Å². The summed E-state index contributed by atoms with van der Waals surface area (Å²) in [5.41, 5.74) is 2.82. The molecule has 0 aliphatic carbocycles. The zero-order chi connectivity index (χ0) is 13.1. The van der Waals surface area contributed by atoms with E-state index in [1.54, 1.807) is 0 Å². The molecule has 0 amide bonds. The average Bonchev–Trinajstić information content (AvgIpc) is 2.22. The van der Waals surface area contributed by atoms with Crippen molar-refractivity contribution in [2.24, 2.45) is 11.3 Å². The Morgan fingerprint density at radius 2 is 1.82 bits per heavy atom. The highest BCUT2D eigenvalue weighted by Gasteiger charge is 2.23. The van der Waals surface area contributed by atoms with Crippen molar-refractivity contribution in [3.05, 3.63) is 29.3 Å². The maximum absolute atomic E-state index is 5.87. The van der Waals surface area contributed by atoms with Crippen LogP contribution in [0.15, 0.2) is 18.2 Å². The highest BCUT2D eigenvalue weighted by Crippen LogP contribution is 2.28. The van der Waals surface area contributed by atoms with Gasteiger partial charge in [0.25, 0.3) is 0 Å². The minimum absolute atomic E-state index is 0.238. The van der Waals surface area contributed by atoms with Crippen LogP contribution in [0.25, 0.3) is 0 Å². The minimum Gasteiger partial charge on any atom is -0.493 e. The van der Waals surface area contributed by atoms with Gasteiger partial charge < -0.3 is 4.74 Å². The van der Waals surface area contributed by atoms with Crippen LogP contribution in [0, 0.1) is 25.2 Å². The summed E-state index contributed by atoms with van der Waals surface area (Å²) in [5.74, 6) is 2.28. The van der Waals surface area contributed by atoms with E-state index in [9.17, 15) is 0 Å². The second-order valence-corrected chi connectivity index (χ2v) is 6.17. The highest BCUT2D eigenvalue weighted by atomic mass is 32.1. The van der Waals surface area contributed by atoms with Crippen molar-refractivity contribution in [2.75, 3.05) is 12.4 Å². The van der Waals surface area contributed by atoms with Crippen LogP contribution in [-0.4, -0.2) is 12.4 Å². The van der Waals surface area contributed by atoms with Gasteiger partial charge in [0.05, 0.1) is 6.61 Å². The van der Waals surface area contributed by atoms with E-state index in [2.05, 4.69) is 59.4 Å². The SMILES string of the molecule is Cc1ccc(OCC(CS)C(C)(C)C)cc1C. The summed E-state index contributed by atoms with van der Waals surface area (Å²) < 4.78 is 5.87. The lowest BCUT2D eigenvalue weighted by Crippen LogP contribution is -2.28. The van der Waals surface area contributed by atoms with E-state index < -0.39 is 0 Å². The molecule has 96 valence electrons. The number of rotatable bonds is 4. The molecule has 1 aromatic rings. The normalized spacial score (nSPS) is 13.5. The first-order valence-corrected chi connectivity index (χ1v) is 6.78.